The van der Waals surface area contributed by atoms with Gasteiger partial charge >= 0.3 is 5.97 Å². The number of nitrogens with zero attached hydrogens (tertiary/aromatic N) is 2. The molecule has 2 atom stereocenters. The first kappa shape index (κ1) is 13.5. The van der Waals surface area contributed by atoms with Gasteiger partial charge in [-0.3, -0.25) is 4.79 Å². The Kier molecular flexibility index (Phi) is 3.19. The van der Waals surface area contributed by atoms with E-state index in [4.69, 9.17) is 4.74 Å². The molecule has 0 spiro atoms. The van der Waals surface area contributed by atoms with Crippen LogP contribution in [0.4, 0.5) is 0 Å². The minimum absolute atomic E-state index is 0.0154. The largest absolute Gasteiger partial charge is 0.462 e. The van der Waals surface area contributed by atoms with Crippen LogP contribution in [0.1, 0.15) is 36.0 Å². The summed E-state index contributed by atoms with van der Waals surface area (Å²) in [6.45, 7) is 3.87. The summed E-state index contributed by atoms with van der Waals surface area (Å²) in [5, 5.41) is 2.03. The summed E-state index contributed by atoms with van der Waals surface area (Å²) in [7, 11) is 0. The highest BCUT2D eigenvalue weighted by atomic mass is 32.2. The monoisotopic (exact) mass is 320 g/mol. The van der Waals surface area contributed by atoms with Crippen molar-refractivity contribution in [1.82, 2.24) is 9.97 Å². The molecule has 110 valence electrons. The Labute approximate surface area is 131 Å². The molecule has 0 amide bonds. The van der Waals surface area contributed by atoms with Gasteiger partial charge in [-0.2, -0.15) is 0 Å². The van der Waals surface area contributed by atoms with Gasteiger partial charge in [0.2, 0.25) is 0 Å². The van der Waals surface area contributed by atoms with Crippen molar-refractivity contribution in [2.75, 3.05) is 0 Å². The van der Waals surface area contributed by atoms with Gasteiger partial charge < -0.3 is 4.74 Å². The maximum absolute atomic E-state index is 11.9. The lowest BCUT2D eigenvalue weighted by molar-refractivity contribution is -0.140. The van der Waals surface area contributed by atoms with E-state index in [-0.39, 0.29) is 17.3 Å². The molecule has 0 bridgehead atoms. The second-order valence-corrected chi connectivity index (χ2v) is 7.98. The molecule has 1 aliphatic carbocycles. The van der Waals surface area contributed by atoms with Crippen LogP contribution in [0.3, 0.4) is 0 Å². The van der Waals surface area contributed by atoms with E-state index in [2.05, 4.69) is 9.97 Å². The summed E-state index contributed by atoms with van der Waals surface area (Å²) in [6, 6.07) is 0. The topological polar surface area (TPSA) is 52.1 Å². The Morgan fingerprint density at radius 1 is 1.33 bits per heavy atom. The molecular weight excluding hydrogens is 304 g/mol. The van der Waals surface area contributed by atoms with Crippen LogP contribution in [0.2, 0.25) is 0 Å². The first-order valence-corrected chi connectivity index (χ1v) is 8.97. The fourth-order valence-corrected chi connectivity index (χ4v) is 5.78. The van der Waals surface area contributed by atoms with Gasteiger partial charge in [-0.1, -0.05) is 11.8 Å². The Balaban J connectivity index is 1.79. The van der Waals surface area contributed by atoms with Crippen molar-refractivity contribution < 1.29 is 9.53 Å². The number of thioether (sulfide) groups is 1. The molecule has 3 heterocycles. The predicted octanol–water partition coefficient (Wildman–Crippen LogP) is 3.28. The number of hydrogen-bond acceptors (Lipinski definition) is 6. The molecule has 6 heteroatoms. The third kappa shape index (κ3) is 2.25. The maximum Gasteiger partial charge on any atom is 0.319 e. The highest BCUT2D eigenvalue weighted by molar-refractivity contribution is 8.00. The number of carbonyl (C=O) groups excluding carboxylic acids is 1. The van der Waals surface area contributed by atoms with Gasteiger partial charge in [0.25, 0.3) is 0 Å². The summed E-state index contributed by atoms with van der Waals surface area (Å²) in [4.78, 5) is 23.6. The number of carbonyl (C=O) groups is 1. The zero-order valence-corrected chi connectivity index (χ0v) is 13.6. The molecule has 0 N–H and O–H groups in total. The minimum atomic E-state index is -0.130. The number of fused-ring (bicyclic) bond motifs is 3. The number of esters is 1. The molecule has 0 radical (unpaired) electrons. The normalized spacial score (nSPS) is 24.6. The summed E-state index contributed by atoms with van der Waals surface area (Å²) >= 11 is 3.35. The zero-order chi connectivity index (χ0) is 14.6. The standard InChI is InChI=1S/C15H16N2O2S2/c1-7-6-11(15(18)19-7)21-14-12-9-4-3-5-10(9)20-13(12)16-8(2)17-14/h7,11H,3-6H2,1-2H3. The zero-order valence-electron chi connectivity index (χ0n) is 12.0. The molecule has 2 aromatic rings. The smallest absolute Gasteiger partial charge is 0.319 e. The molecule has 2 aromatic heterocycles. The molecule has 4 nitrogen and oxygen atoms in total. The van der Waals surface area contributed by atoms with E-state index < -0.39 is 0 Å². The molecule has 0 aromatic carbocycles. The van der Waals surface area contributed by atoms with Crippen LogP contribution in [0.15, 0.2) is 5.03 Å². The Morgan fingerprint density at radius 3 is 2.95 bits per heavy atom. The summed E-state index contributed by atoms with van der Waals surface area (Å²) in [6.07, 6.45) is 4.27. The fourth-order valence-electron chi connectivity index (χ4n) is 3.10. The SMILES string of the molecule is Cc1nc(SC2CC(C)OC2=O)c2c3c(sc2n1)CCC3. The van der Waals surface area contributed by atoms with Crippen molar-refractivity contribution in [1.29, 1.82) is 0 Å². The summed E-state index contributed by atoms with van der Waals surface area (Å²) in [5.41, 5.74) is 1.41. The van der Waals surface area contributed by atoms with Gasteiger partial charge in [-0.05, 0) is 38.7 Å². The molecule has 1 aliphatic heterocycles. The third-order valence-electron chi connectivity index (χ3n) is 4.02. The van der Waals surface area contributed by atoms with Crippen LogP contribution in [0.25, 0.3) is 10.2 Å². The molecular formula is C15H16N2O2S2. The number of ether oxygens (including phenoxy) is 1. The van der Waals surface area contributed by atoms with E-state index in [0.717, 1.165) is 34.9 Å². The van der Waals surface area contributed by atoms with E-state index in [1.165, 1.54) is 22.2 Å². The maximum atomic E-state index is 11.9. The number of cyclic esters (lactones) is 1. The summed E-state index contributed by atoms with van der Waals surface area (Å²) in [5.74, 6) is 0.674. The Morgan fingerprint density at radius 2 is 2.19 bits per heavy atom. The van der Waals surface area contributed by atoms with E-state index in [9.17, 15) is 4.79 Å². The van der Waals surface area contributed by atoms with E-state index in [1.54, 1.807) is 23.1 Å². The Bertz CT molecular complexity index is 741. The number of aromatic nitrogens is 2. The van der Waals surface area contributed by atoms with Crippen LogP contribution in [0.5, 0.6) is 0 Å². The fraction of sp³-hybridized carbons (Fsp3) is 0.533. The highest BCUT2D eigenvalue weighted by Crippen LogP contribution is 2.42. The van der Waals surface area contributed by atoms with E-state index in [1.807, 2.05) is 13.8 Å². The lowest BCUT2D eigenvalue weighted by Gasteiger charge is -2.08. The van der Waals surface area contributed by atoms with Gasteiger partial charge in [0.1, 0.15) is 27.0 Å². The van der Waals surface area contributed by atoms with Crippen LogP contribution >= 0.6 is 23.1 Å². The number of aryl methyl sites for hydroxylation is 3. The van der Waals surface area contributed by atoms with Crippen molar-refractivity contribution in [2.24, 2.45) is 0 Å². The van der Waals surface area contributed by atoms with Crippen molar-refractivity contribution >= 4 is 39.3 Å². The highest BCUT2D eigenvalue weighted by Gasteiger charge is 2.34. The Hall–Kier alpha value is -1.14. The van der Waals surface area contributed by atoms with Crippen molar-refractivity contribution in [3.05, 3.63) is 16.3 Å². The van der Waals surface area contributed by atoms with Crippen molar-refractivity contribution in [3.63, 3.8) is 0 Å². The lowest BCUT2D eigenvalue weighted by atomic mass is 10.2. The quantitative estimate of drug-likeness (QED) is 0.628. The molecule has 1 fully saturated rings. The minimum Gasteiger partial charge on any atom is -0.462 e. The van der Waals surface area contributed by atoms with E-state index in [0.29, 0.717) is 0 Å². The number of thiophene rings is 1. The molecule has 2 unspecified atom stereocenters. The van der Waals surface area contributed by atoms with Gasteiger partial charge in [-0.25, -0.2) is 9.97 Å². The average Bonchev–Trinajstić information content (AvgIpc) is 3.04. The second kappa shape index (κ2) is 4.95. The lowest BCUT2D eigenvalue weighted by Crippen LogP contribution is -2.10. The van der Waals surface area contributed by atoms with Crippen LogP contribution in [-0.4, -0.2) is 27.3 Å². The van der Waals surface area contributed by atoms with Crippen molar-refractivity contribution in [2.45, 2.75) is 55.9 Å². The van der Waals surface area contributed by atoms with Gasteiger partial charge in [-0.15, -0.1) is 11.3 Å². The van der Waals surface area contributed by atoms with Crippen molar-refractivity contribution in [3.8, 4) is 0 Å². The number of rotatable bonds is 2. The van der Waals surface area contributed by atoms with Crippen LogP contribution < -0.4 is 0 Å². The van der Waals surface area contributed by atoms with Gasteiger partial charge in [0, 0.05) is 16.7 Å². The van der Waals surface area contributed by atoms with Crippen LogP contribution in [0, 0.1) is 6.92 Å². The van der Waals surface area contributed by atoms with Gasteiger partial charge in [0.15, 0.2) is 0 Å². The first-order valence-electron chi connectivity index (χ1n) is 7.28. The molecule has 0 saturated carbocycles. The number of hydrogen-bond donors (Lipinski definition) is 0. The van der Waals surface area contributed by atoms with Crippen LogP contribution in [-0.2, 0) is 22.4 Å². The van der Waals surface area contributed by atoms with Gasteiger partial charge in [0.05, 0.1) is 0 Å². The third-order valence-corrected chi connectivity index (χ3v) is 6.40. The molecule has 1 saturated heterocycles. The molecule has 2 aliphatic rings. The average molecular weight is 320 g/mol. The van der Waals surface area contributed by atoms with E-state index >= 15 is 0 Å². The first-order chi connectivity index (χ1) is 10.1. The molecule has 4 rings (SSSR count). The molecule has 21 heavy (non-hydrogen) atoms. The second-order valence-electron chi connectivity index (χ2n) is 5.70. The predicted molar refractivity (Wildman–Crippen MR) is 84.0 cm³/mol. The summed E-state index contributed by atoms with van der Waals surface area (Å²) < 4.78 is 5.26.